The van der Waals surface area contributed by atoms with Crippen LogP contribution in [-0.2, 0) is 0 Å². The molecule has 5 aromatic heterocycles. The molecule has 0 N–H and O–H groups in total. The second kappa shape index (κ2) is 11.1. The first-order chi connectivity index (χ1) is 26.8. The van der Waals surface area contributed by atoms with Crippen LogP contribution < -0.4 is 0 Å². The average molecular weight is 694 g/mol. The molecule has 6 heterocycles. The minimum absolute atomic E-state index is 0.166. The molecule has 0 saturated carbocycles. The van der Waals surface area contributed by atoms with Gasteiger partial charge in [-0.2, -0.15) is 0 Å². The summed E-state index contributed by atoms with van der Waals surface area (Å²) in [5.41, 5.74) is 9.08. The van der Waals surface area contributed by atoms with Gasteiger partial charge in [0, 0.05) is 33.2 Å². The summed E-state index contributed by atoms with van der Waals surface area (Å²) < 4.78 is 17.1. The van der Waals surface area contributed by atoms with E-state index in [-0.39, 0.29) is 6.04 Å². The second-order valence-electron chi connectivity index (χ2n) is 13.9. The van der Waals surface area contributed by atoms with Gasteiger partial charge < -0.3 is 18.7 Å². The van der Waals surface area contributed by atoms with Crippen LogP contribution in [0.25, 0.3) is 105 Å². The lowest BCUT2D eigenvalue weighted by molar-refractivity contribution is 0.524. The smallest absolute Gasteiger partial charge is 0.299 e. The van der Waals surface area contributed by atoms with E-state index < -0.39 is 0 Å². The van der Waals surface area contributed by atoms with Crippen LogP contribution in [0.3, 0.4) is 0 Å². The van der Waals surface area contributed by atoms with Gasteiger partial charge >= 0.3 is 0 Å². The molecule has 0 fully saturated rings. The molecule has 0 radical (unpaired) electrons. The molecule has 12 rings (SSSR count). The van der Waals surface area contributed by atoms with E-state index in [0.29, 0.717) is 5.78 Å². The molecule has 0 spiro atoms. The van der Waals surface area contributed by atoms with Crippen molar-refractivity contribution >= 4 is 82.5 Å². The van der Waals surface area contributed by atoms with Gasteiger partial charge in [-0.15, -0.1) is 0 Å². The summed E-state index contributed by atoms with van der Waals surface area (Å²) in [5.74, 6) is 2.30. The van der Waals surface area contributed by atoms with Crippen LogP contribution in [-0.4, -0.2) is 14.1 Å². The number of hydrogen-bond donors (Lipinski definition) is 0. The maximum absolute atomic E-state index is 6.30. The number of pyridine rings is 1. The topological polar surface area (TPSA) is 63.1 Å². The Balaban J connectivity index is 0.946. The average Bonchev–Trinajstić information content (AvgIpc) is 3.97. The normalized spacial score (nSPS) is 14.7. The fourth-order valence-electron chi connectivity index (χ4n) is 8.52. The van der Waals surface area contributed by atoms with Crippen molar-refractivity contribution in [2.75, 3.05) is 0 Å². The Bertz CT molecular complexity index is 3280. The molecule has 1 aliphatic heterocycles. The Hall–Kier alpha value is -7.31. The van der Waals surface area contributed by atoms with E-state index >= 15 is 0 Å². The first kappa shape index (κ1) is 29.3. The molecule has 0 bridgehead atoms. The highest BCUT2D eigenvalue weighted by Gasteiger charge is 2.20. The van der Waals surface area contributed by atoms with Crippen LogP contribution in [0.15, 0.2) is 179 Å². The van der Waals surface area contributed by atoms with Gasteiger partial charge in [0.15, 0.2) is 0 Å². The van der Waals surface area contributed by atoms with Gasteiger partial charge in [-0.25, -0.2) is 4.98 Å². The third kappa shape index (κ3) is 4.19. The number of nitrogens with zero attached hydrogens (tertiary/aromatic N) is 4. The molecule has 254 valence electrons. The zero-order valence-electron chi connectivity index (χ0n) is 28.8. The van der Waals surface area contributed by atoms with Crippen molar-refractivity contribution in [1.82, 2.24) is 14.1 Å². The quantitative estimate of drug-likeness (QED) is 0.184. The zero-order valence-corrected chi connectivity index (χ0v) is 28.8. The van der Waals surface area contributed by atoms with E-state index in [0.717, 1.165) is 77.9 Å². The number of rotatable bonds is 4. The number of fused-ring (bicyclic) bond motifs is 11. The number of benzene rings is 6. The lowest BCUT2D eigenvalue weighted by Crippen LogP contribution is -2.04. The molecule has 11 aromatic rings. The van der Waals surface area contributed by atoms with Crippen molar-refractivity contribution in [1.29, 1.82) is 0 Å². The molecular weight excluding hydrogens is 665 g/mol. The molecule has 0 aliphatic carbocycles. The van der Waals surface area contributed by atoms with E-state index in [1.807, 2.05) is 12.1 Å². The fraction of sp³-hybridized carbons (Fsp3) is 0.0208. The minimum atomic E-state index is -0.166. The highest BCUT2D eigenvalue weighted by molar-refractivity contribution is 6.18. The highest BCUT2D eigenvalue weighted by atomic mass is 16.5. The Morgan fingerprint density at radius 1 is 0.519 bits per heavy atom. The summed E-state index contributed by atoms with van der Waals surface area (Å²) >= 11 is 0. The van der Waals surface area contributed by atoms with E-state index in [9.17, 15) is 0 Å². The monoisotopic (exact) mass is 693 g/mol. The van der Waals surface area contributed by atoms with Gasteiger partial charge in [0.1, 0.15) is 17.0 Å². The summed E-state index contributed by atoms with van der Waals surface area (Å²) in [6.45, 7) is 0. The Kier molecular flexibility index (Phi) is 6.02. The van der Waals surface area contributed by atoms with Gasteiger partial charge in [0.05, 0.1) is 22.1 Å². The van der Waals surface area contributed by atoms with Crippen molar-refractivity contribution in [3.05, 3.63) is 181 Å². The summed E-state index contributed by atoms with van der Waals surface area (Å²) in [6, 6.07) is 52.8. The van der Waals surface area contributed by atoms with Gasteiger partial charge in [0.2, 0.25) is 0 Å². The van der Waals surface area contributed by atoms with Crippen molar-refractivity contribution in [2.45, 2.75) is 6.04 Å². The fourth-order valence-corrected chi connectivity index (χ4v) is 8.52. The van der Waals surface area contributed by atoms with E-state index in [4.69, 9.17) is 19.1 Å². The minimum Gasteiger partial charge on any atom is -0.454 e. The highest BCUT2D eigenvalue weighted by Crippen LogP contribution is 2.43. The number of hydrogen-bond acceptors (Lipinski definition) is 3. The van der Waals surface area contributed by atoms with Crippen molar-refractivity contribution in [3.8, 4) is 17.1 Å². The van der Waals surface area contributed by atoms with Crippen LogP contribution in [0, 0.1) is 0 Å². The van der Waals surface area contributed by atoms with Crippen LogP contribution in [0.2, 0.25) is 0 Å². The third-order valence-electron chi connectivity index (χ3n) is 10.9. The predicted octanol–water partition coefficient (Wildman–Crippen LogP) is 13.1. The molecule has 54 heavy (non-hydrogen) atoms. The number of furan rings is 2. The summed E-state index contributed by atoms with van der Waals surface area (Å²) in [7, 11) is 0. The molecule has 6 heteroatoms. The maximum Gasteiger partial charge on any atom is 0.299 e. The molecule has 0 amide bonds. The molecule has 1 atom stereocenters. The molecule has 1 unspecified atom stereocenters. The van der Waals surface area contributed by atoms with Gasteiger partial charge in [-0.1, -0.05) is 121 Å². The summed E-state index contributed by atoms with van der Waals surface area (Å²) in [4.78, 5) is 5.23. The number of para-hydroxylation sites is 4. The maximum atomic E-state index is 6.30. The molecule has 0 saturated heterocycles. The van der Waals surface area contributed by atoms with Gasteiger partial charge in [-0.3, -0.25) is 4.57 Å². The van der Waals surface area contributed by atoms with Gasteiger partial charge in [-0.05, 0) is 82.0 Å². The van der Waals surface area contributed by atoms with Crippen LogP contribution >= 0.6 is 0 Å². The molecule has 6 nitrogen and oxygen atoms in total. The van der Waals surface area contributed by atoms with Crippen molar-refractivity contribution < 1.29 is 8.83 Å². The SMILES string of the molecule is C1=CC(c2ccc3oc4oc5ccc(-c6cccc(-n7c8ccccc8c8ccccc87)n6)cc5c4c3c2)[N-]C(n2c3ccccc3c3ccccc32)=C1. The van der Waals surface area contributed by atoms with Crippen LogP contribution in [0.4, 0.5) is 0 Å². The largest absolute Gasteiger partial charge is 0.454 e. The van der Waals surface area contributed by atoms with E-state index in [1.165, 1.54) is 21.5 Å². The Morgan fingerprint density at radius 2 is 1.09 bits per heavy atom. The van der Waals surface area contributed by atoms with Crippen molar-refractivity contribution in [3.63, 3.8) is 0 Å². The first-order valence-corrected chi connectivity index (χ1v) is 18.2. The molecule has 1 aliphatic rings. The lowest BCUT2D eigenvalue weighted by atomic mass is 10.0. The number of allylic oxidation sites excluding steroid dienone is 2. The Labute approximate surface area is 308 Å². The second-order valence-corrected chi connectivity index (χ2v) is 13.9. The zero-order chi connectivity index (χ0) is 35.3. The van der Waals surface area contributed by atoms with E-state index in [1.54, 1.807) is 0 Å². The molecule has 6 aromatic carbocycles. The van der Waals surface area contributed by atoms with Crippen LogP contribution in [0.5, 0.6) is 0 Å². The Morgan fingerprint density at radius 3 is 1.74 bits per heavy atom. The van der Waals surface area contributed by atoms with Crippen LogP contribution in [0.1, 0.15) is 11.6 Å². The van der Waals surface area contributed by atoms with Crippen molar-refractivity contribution in [2.24, 2.45) is 0 Å². The summed E-state index contributed by atoms with van der Waals surface area (Å²) in [6.07, 6.45) is 6.36. The van der Waals surface area contributed by atoms with E-state index in [2.05, 4.69) is 167 Å². The number of aromatic nitrogens is 3. The standard InChI is InChI=1S/C48H29N4O2/c1-5-17-39-31(11-1)32-12-2-6-18-40(32)51(39)45-21-9-15-37(49-45)29-23-25-43-35(27-29)47-36-28-30(24-26-44(36)54-48(47)53-43)38-16-10-22-46(50-38)52-41-19-7-3-13-33(41)34-14-4-8-20-42(34)52/h1-28,37H/q-1. The third-order valence-corrected chi connectivity index (χ3v) is 10.9. The summed E-state index contributed by atoms with van der Waals surface area (Å²) in [5, 5.41) is 13.1. The molecular formula is C48H29N4O2-. The predicted molar refractivity (Wildman–Crippen MR) is 220 cm³/mol. The van der Waals surface area contributed by atoms with Gasteiger partial charge in [0.25, 0.3) is 5.78 Å². The first-order valence-electron chi connectivity index (χ1n) is 18.2. The lowest BCUT2D eigenvalue weighted by Gasteiger charge is -2.32.